The van der Waals surface area contributed by atoms with Crippen LogP contribution in [0.1, 0.15) is 44.1 Å². The van der Waals surface area contributed by atoms with E-state index in [0.717, 1.165) is 30.0 Å². The highest BCUT2D eigenvalue weighted by atomic mass is 35.5. The highest BCUT2D eigenvalue weighted by molar-refractivity contribution is 6.31. The molecule has 1 saturated carbocycles. The van der Waals surface area contributed by atoms with E-state index in [1.54, 1.807) is 0 Å². The van der Waals surface area contributed by atoms with E-state index in [-0.39, 0.29) is 11.7 Å². The predicted molar refractivity (Wildman–Crippen MR) is 81.0 cm³/mol. The van der Waals surface area contributed by atoms with Crippen LogP contribution in [0.4, 0.5) is 0 Å². The van der Waals surface area contributed by atoms with Gasteiger partial charge in [0.15, 0.2) is 0 Å². The van der Waals surface area contributed by atoms with Gasteiger partial charge >= 0.3 is 0 Å². The van der Waals surface area contributed by atoms with Gasteiger partial charge in [-0.3, -0.25) is 0 Å². The Morgan fingerprint density at radius 1 is 1.30 bits per heavy atom. The van der Waals surface area contributed by atoms with Crippen molar-refractivity contribution in [2.45, 2.75) is 56.7 Å². The van der Waals surface area contributed by atoms with E-state index in [1.165, 1.54) is 25.7 Å². The normalized spacial score (nSPS) is 26.8. The first kappa shape index (κ1) is 14.4. The van der Waals surface area contributed by atoms with Crippen molar-refractivity contribution in [3.8, 4) is 0 Å². The Morgan fingerprint density at radius 2 is 2.05 bits per heavy atom. The molecule has 2 unspecified atom stereocenters. The summed E-state index contributed by atoms with van der Waals surface area (Å²) < 4.78 is 6.04. The summed E-state index contributed by atoms with van der Waals surface area (Å²) in [4.78, 5) is 0. The number of halogens is 1. The molecular weight excluding hydrogens is 272 g/mol. The standard InChI is InChI=1S/C17H23ClO2/c18-15-6-2-1-5-13(15)11-16(19)14-7-10-20-17(12-14)8-3-4-9-17/h1-2,5-6,14,16,19H,3-4,7-12H2. The lowest BCUT2D eigenvalue weighted by Crippen LogP contribution is -2.41. The highest BCUT2D eigenvalue weighted by Gasteiger charge is 2.41. The van der Waals surface area contributed by atoms with Gasteiger partial charge in [-0.2, -0.15) is 0 Å². The molecule has 1 spiro atoms. The van der Waals surface area contributed by atoms with Crippen LogP contribution in [0.25, 0.3) is 0 Å². The molecule has 3 heteroatoms. The molecule has 1 aromatic carbocycles. The molecule has 2 aliphatic rings. The van der Waals surface area contributed by atoms with Crippen molar-refractivity contribution >= 4 is 11.6 Å². The highest BCUT2D eigenvalue weighted by Crippen LogP contribution is 2.43. The molecule has 1 heterocycles. The van der Waals surface area contributed by atoms with Gasteiger partial charge in [-0.15, -0.1) is 0 Å². The van der Waals surface area contributed by atoms with Crippen molar-refractivity contribution in [2.75, 3.05) is 6.61 Å². The molecule has 2 nitrogen and oxygen atoms in total. The molecule has 110 valence electrons. The zero-order valence-electron chi connectivity index (χ0n) is 11.9. The van der Waals surface area contributed by atoms with Crippen LogP contribution < -0.4 is 0 Å². The third kappa shape index (κ3) is 3.03. The maximum Gasteiger partial charge on any atom is 0.0686 e. The topological polar surface area (TPSA) is 29.5 Å². The molecule has 1 aliphatic heterocycles. The van der Waals surface area contributed by atoms with Gasteiger partial charge in [-0.25, -0.2) is 0 Å². The number of hydrogen-bond donors (Lipinski definition) is 1. The van der Waals surface area contributed by atoms with Gasteiger partial charge in [-0.1, -0.05) is 42.6 Å². The van der Waals surface area contributed by atoms with Gasteiger partial charge in [0, 0.05) is 18.1 Å². The second kappa shape index (κ2) is 6.05. The van der Waals surface area contributed by atoms with Crippen LogP contribution in [0.3, 0.4) is 0 Å². The minimum absolute atomic E-state index is 0.0738. The lowest BCUT2D eigenvalue weighted by molar-refractivity contribution is -0.112. The Bertz CT molecular complexity index is 454. The Kier molecular flexibility index (Phi) is 4.34. The fourth-order valence-corrected chi connectivity index (χ4v) is 4.03. The van der Waals surface area contributed by atoms with Gasteiger partial charge in [-0.05, 0) is 43.2 Å². The molecule has 0 amide bonds. The van der Waals surface area contributed by atoms with Crippen LogP contribution in [0.2, 0.25) is 5.02 Å². The van der Waals surface area contributed by atoms with Gasteiger partial charge < -0.3 is 9.84 Å². The average Bonchev–Trinajstić information content (AvgIpc) is 2.89. The summed E-state index contributed by atoms with van der Waals surface area (Å²) in [5.41, 5.74) is 1.12. The molecular formula is C17H23ClO2. The number of ether oxygens (including phenoxy) is 1. The minimum atomic E-state index is -0.309. The molecule has 2 fully saturated rings. The quantitative estimate of drug-likeness (QED) is 0.913. The molecule has 1 aromatic rings. The van der Waals surface area contributed by atoms with E-state index in [9.17, 15) is 5.11 Å². The minimum Gasteiger partial charge on any atom is -0.392 e. The molecule has 1 saturated heterocycles. The number of benzene rings is 1. The van der Waals surface area contributed by atoms with Crippen LogP contribution in [-0.2, 0) is 11.2 Å². The largest absolute Gasteiger partial charge is 0.392 e. The van der Waals surface area contributed by atoms with E-state index < -0.39 is 0 Å². The fraction of sp³-hybridized carbons (Fsp3) is 0.647. The van der Waals surface area contributed by atoms with Gasteiger partial charge in [0.05, 0.1) is 11.7 Å². The average molecular weight is 295 g/mol. The smallest absolute Gasteiger partial charge is 0.0686 e. The summed E-state index contributed by atoms with van der Waals surface area (Å²) in [6, 6.07) is 7.82. The number of aliphatic hydroxyl groups is 1. The molecule has 3 rings (SSSR count). The van der Waals surface area contributed by atoms with E-state index in [0.29, 0.717) is 12.3 Å². The Morgan fingerprint density at radius 3 is 2.80 bits per heavy atom. The number of rotatable bonds is 3. The van der Waals surface area contributed by atoms with Crippen LogP contribution in [0, 0.1) is 5.92 Å². The van der Waals surface area contributed by atoms with Crippen molar-refractivity contribution in [1.82, 2.24) is 0 Å². The van der Waals surface area contributed by atoms with E-state index >= 15 is 0 Å². The summed E-state index contributed by atoms with van der Waals surface area (Å²) in [6.07, 6.45) is 7.20. The van der Waals surface area contributed by atoms with E-state index in [4.69, 9.17) is 16.3 Å². The van der Waals surface area contributed by atoms with Gasteiger partial charge in [0.2, 0.25) is 0 Å². The molecule has 1 N–H and O–H groups in total. The van der Waals surface area contributed by atoms with Crippen molar-refractivity contribution in [3.63, 3.8) is 0 Å². The van der Waals surface area contributed by atoms with E-state index in [1.807, 2.05) is 24.3 Å². The Balaban J connectivity index is 1.65. The molecule has 0 radical (unpaired) electrons. The van der Waals surface area contributed by atoms with Crippen LogP contribution in [0.5, 0.6) is 0 Å². The first-order valence-corrected chi connectivity index (χ1v) is 8.12. The first-order chi connectivity index (χ1) is 9.69. The van der Waals surface area contributed by atoms with Crippen molar-refractivity contribution in [1.29, 1.82) is 0 Å². The molecule has 20 heavy (non-hydrogen) atoms. The molecule has 2 atom stereocenters. The van der Waals surface area contributed by atoms with Gasteiger partial charge in [0.25, 0.3) is 0 Å². The summed E-state index contributed by atoms with van der Waals surface area (Å²) >= 11 is 6.19. The first-order valence-electron chi connectivity index (χ1n) is 7.74. The predicted octanol–water partition coefficient (Wildman–Crippen LogP) is 3.98. The summed E-state index contributed by atoms with van der Waals surface area (Å²) in [5.74, 6) is 0.345. The number of hydrogen-bond acceptors (Lipinski definition) is 2. The van der Waals surface area contributed by atoms with Crippen LogP contribution in [0.15, 0.2) is 24.3 Å². The maximum absolute atomic E-state index is 10.6. The molecule has 0 bridgehead atoms. The number of aliphatic hydroxyl groups excluding tert-OH is 1. The molecule has 1 aliphatic carbocycles. The Hall–Kier alpha value is -0.570. The second-order valence-corrected chi connectivity index (χ2v) is 6.76. The SMILES string of the molecule is OC(Cc1ccccc1Cl)C1CCOC2(CCCC2)C1. The molecule has 0 aromatic heterocycles. The summed E-state index contributed by atoms with van der Waals surface area (Å²) in [6.45, 7) is 0.796. The van der Waals surface area contributed by atoms with Crippen molar-refractivity contribution < 1.29 is 9.84 Å². The third-order valence-corrected chi connectivity index (χ3v) is 5.35. The monoisotopic (exact) mass is 294 g/mol. The van der Waals surface area contributed by atoms with E-state index in [2.05, 4.69) is 0 Å². The van der Waals surface area contributed by atoms with Crippen molar-refractivity contribution in [3.05, 3.63) is 34.9 Å². The van der Waals surface area contributed by atoms with Crippen LogP contribution in [-0.4, -0.2) is 23.4 Å². The summed E-state index contributed by atoms with van der Waals surface area (Å²) in [5, 5.41) is 11.3. The van der Waals surface area contributed by atoms with Gasteiger partial charge in [0.1, 0.15) is 0 Å². The van der Waals surface area contributed by atoms with Crippen LogP contribution >= 0.6 is 11.6 Å². The zero-order chi connectivity index (χ0) is 14.0. The third-order valence-electron chi connectivity index (χ3n) is 4.98. The maximum atomic E-state index is 10.6. The second-order valence-electron chi connectivity index (χ2n) is 6.35. The lowest BCUT2D eigenvalue weighted by Gasteiger charge is -2.40. The zero-order valence-corrected chi connectivity index (χ0v) is 12.6. The Labute approximate surface area is 126 Å². The fourth-order valence-electron chi connectivity index (χ4n) is 3.82. The summed E-state index contributed by atoms with van der Waals surface area (Å²) in [7, 11) is 0. The van der Waals surface area contributed by atoms with Crippen molar-refractivity contribution in [2.24, 2.45) is 5.92 Å². The lowest BCUT2D eigenvalue weighted by atomic mass is 9.80.